The van der Waals surface area contributed by atoms with Gasteiger partial charge in [0.05, 0.1) is 13.2 Å². The number of rotatable bonds is 4. The first-order valence-corrected chi connectivity index (χ1v) is 6.19. The van der Waals surface area contributed by atoms with Crippen LogP contribution in [0.3, 0.4) is 0 Å². The molecule has 6 nitrogen and oxygen atoms in total. The quantitative estimate of drug-likeness (QED) is 0.867. The zero-order valence-electron chi connectivity index (χ0n) is 10.9. The van der Waals surface area contributed by atoms with Crippen molar-refractivity contribution in [3.05, 3.63) is 22.2 Å². The summed E-state index contributed by atoms with van der Waals surface area (Å²) < 4.78 is 25.3. The van der Waals surface area contributed by atoms with E-state index >= 15 is 0 Å². The lowest BCUT2D eigenvalue weighted by Gasteiger charge is -2.15. The average molecular weight is 272 g/mol. The van der Waals surface area contributed by atoms with Crippen LogP contribution in [0, 0.1) is 6.92 Å². The topological polar surface area (TPSA) is 73.6 Å². The molecule has 1 fully saturated rings. The van der Waals surface area contributed by atoms with Gasteiger partial charge in [-0.1, -0.05) is 0 Å². The van der Waals surface area contributed by atoms with E-state index in [2.05, 4.69) is 4.98 Å². The van der Waals surface area contributed by atoms with Crippen LogP contribution in [0.4, 0.5) is 4.39 Å². The van der Waals surface area contributed by atoms with E-state index in [4.69, 9.17) is 14.6 Å². The number of aliphatic hydroxyl groups excluding tert-OH is 1. The van der Waals surface area contributed by atoms with Crippen LogP contribution in [-0.4, -0.2) is 40.1 Å². The van der Waals surface area contributed by atoms with Crippen LogP contribution in [0.15, 0.2) is 11.0 Å². The highest BCUT2D eigenvalue weighted by atomic mass is 19.1. The van der Waals surface area contributed by atoms with Crippen LogP contribution in [-0.2, 0) is 4.74 Å². The van der Waals surface area contributed by atoms with Crippen molar-refractivity contribution in [2.45, 2.75) is 38.8 Å². The smallest absolute Gasteiger partial charge is 0.352 e. The van der Waals surface area contributed by atoms with Crippen LogP contribution >= 0.6 is 0 Å². The molecule has 3 atom stereocenters. The minimum absolute atomic E-state index is 0.0280. The summed E-state index contributed by atoms with van der Waals surface area (Å²) in [5.41, 5.74) is 0.123. The number of hydrogen-bond donors (Lipinski definition) is 1. The maximum absolute atomic E-state index is 13.5. The number of aromatic nitrogens is 2. The fourth-order valence-electron chi connectivity index (χ4n) is 2.06. The fraction of sp³-hybridized carbons (Fsp3) is 0.667. The Hall–Kier alpha value is -1.47. The van der Waals surface area contributed by atoms with Crippen molar-refractivity contribution < 1.29 is 19.0 Å². The minimum atomic E-state index is -1.28. The molecule has 106 valence electrons. The first-order valence-electron chi connectivity index (χ1n) is 6.19. The SMILES string of the molecule is CCOc1nc(=O)n([C@H]2C[C@H](F)[C@@H](CO)O2)cc1C. The molecule has 1 N–H and O–H groups in total. The van der Waals surface area contributed by atoms with Crippen LogP contribution in [0.1, 0.15) is 25.1 Å². The summed E-state index contributed by atoms with van der Waals surface area (Å²) in [6, 6.07) is 0. The van der Waals surface area contributed by atoms with Crippen molar-refractivity contribution in [3.63, 3.8) is 0 Å². The monoisotopic (exact) mass is 272 g/mol. The molecule has 0 spiro atoms. The van der Waals surface area contributed by atoms with E-state index in [1.807, 2.05) is 0 Å². The molecular formula is C12H17FN2O4. The number of alkyl halides is 1. The van der Waals surface area contributed by atoms with E-state index in [0.29, 0.717) is 12.2 Å². The molecule has 0 unspecified atom stereocenters. The van der Waals surface area contributed by atoms with E-state index in [-0.39, 0.29) is 12.3 Å². The molecule has 0 aromatic carbocycles. The number of ether oxygens (including phenoxy) is 2. The van der Waals surface area contributed by atoms with Gasteiger partial charge in [-0.2, -0.15) is 4.98 Å². The number of nitrogens with zero attached hydrogens (tertiary/aromatic N) is 2. The van der Waals surface area contributed by atoms with E-state index in [9.17, 15) is 9.18 Å². The Morgan fingerprint density at radius 3 is 3.00 bits per heavy atom. The third-order valence-corrected chi connectivity index (χ3v) is 3.02. The number of hydrogen-bond acceptors (Lipinski definition) is 5. The molecule has 0 saturated carbocycles. The van der Waals surface area contributed by atoms with Gasteiger partial charge in [0, 0.05) is 18.2 Å². The molecule has 2 heterocycles. The number of aliphatic hydroxyl groups is 1. The molecule has 19 heavy (non-hydrogen) atoms. The third kappa shape index (κ3) is 2.76. The van der Waals surface area contributed by atoms with Crippen molar-refractivity contribution in [2.24, 2.45) is 0 Å². The normalized spacial score (nSPS) is 26.6. The van der Waals surface area contributed by atoms with E-state index < -0.39 is 30.8 Å². The van der Waals surface area contributed by atoms with Crippen molar-refractivity contribution in [2.75, 3.05) is 13.2 Å². The summed E-state index contributed by atoms with van der Waals surface area (Å²) >= 11 is 0. The summed E-state index contributed by atoms with van der Waals surface area (Å²) in [5, 5.41) is 8.95. The Morgan fingerprint density at radius 1 is 1.68 bits per heavy atom. The van der Waals surface area contributed by atoms with Crippen LogP contribution in [0.2, 0.25) is 0 Å². The maximum atomic E-state index is 13.5. The predicted octanol–water partition coefficient (Wildman–Crippen LogP) is 0.568. The standard InChI is InChI=1S/C12H17FN2O4/c1-3-18-11-7(2)5-15(12(17)14-11)10-4-8(13)9(6-16)19-10/h5,8-10,16H,3-4,6H2,1-2H3/t8-,9+,10+/m0/s1. The van der Waals surface area contributed by atoms with Crippen molar-refractivity contribution in [1.82, 2.24) is 9.55 Å². The molecule has 7 heteroatoms. The Labute approximate surface area is 109 Å². The molecule has 1 aromatic rings. The summed E-state index contributed by atoms with van der Waals surface area (Å²) in [6.45, 7) is 3.55. The fourth-order valence-corrected chi connectivity index (χ4v) is 2.06. The van der Waals surface area contributed by atoms with Crippen molar-refractivity contribution in [3.8, 4) is 5.88 Å². The van der Waals surface area contributed by atoms with Gasteiger partial charge in [-0.3, -0.25) is 4.57 Å². The Bertz CT molecular complexity index is 505. The molecule has 0 radical (unpaired) electrons. The highest BCUT2D eigenvalue weighted by molar-refractivity contribution is 5.20. The number of halogens is 1. The number of aryl methyl sites for hydroxylation is 1. The summed E-state index contributed by atoms with van der Waals surface area (Å²) in [5.74, 6) is 0.275. The molecule has 0 aliphatic carbocycles. The first-order chi connectivity index (χ1) is 9.06. The van der Waals surface area contributed by atoms with Crippen LogP contribution in [0.25, 0.3) is 0 Å². The van der Waals surface area contributed by atoms with Crippen molar-refractivity contribution in [1.29, 1.82) is 0 Å². The molecular weight excluding hydrogens is 255 g/mol. The highest BCUT2D eigenvalue weighted by Gasteiger charge is 2.36. The van der Waals surface area contributed by atoms with Gasteiger partial charge in [-0.05, 0) is 13.8 Å². The summed E-state index contributed by atoms with van der Waals surface area (Å²) in [6.07, 6.45) is -1.34. The second-order valence-electron chi connectivity index (χ2n) is 4.42. The van der Waals surface area contributed by atoms with Gasteiger partial charge in [0.15, 0.2) is 0 Å². The highest BCUT2D eigenvalue weighted by Crippen LogP contribution is 2.30. The lowest BCUT2D eigenvalue weighted by molar-refractivity contribution is -0.0357. The Kier molecular flexibility index (Phi) is 4.16. The van der Waals surface area contributed by atoms with Gasteiger partial charge in [0.2, 0.25) is 5.88 Å². The molecule has 0 amide bonds. The molecule has 0 bridgehead atoms. The third-order valence-electron chi connectivity index (χ3n) is 3.02. The van der Waals surface area contributed by atoms with Crippen molar-refractivity contribution >= 4 is 0 Å². The summed E-state index contributed by atoms with van der Waals surface area (Å²) in [7, 11) is 0. The molecule has 1 aliphatic rings. The first kappa shape index (κ1) is 14.0. The molecule has 2 rings (SSSR count). The predicted molar refractivity (Wildman–Crippen MR) is 64.9 cm³/mol. The lowest BCUT2D eigenvalue weighted by Crippen LogP contribution is -2.28. The van der Waals surface area contributed by atoms with Gasteiger partial charge in [0.25, 0.3) is 0 Å². The molecule has 1 saturated heterocycles. The molecule has 1 aliphatic heterocycles. The van der Waals surface area contributed by atoms with Crippen LogP contribution in [0.5, 0.6) is 5.88 Å². The molecule has 1 aromatic heterocycles. The maximum Gasteiger partial charge on any atom is 0.352 e. The van der Waals surface area contributed by atoms with E-state index in [1.54, 1.807) is 13.8 Å². The zero-order valence-corrected chi connectivity index (χ0v) is 10.9. The zero-order chi connectivity index (χ0) is 14.0. The van der Waals surface area contributed by atoms with Gasteiger partial charge in [-0.25, -0.2) is 9.18 Å². The second-order valence-corrected chi connectivity index (χ2v) is 4.42. The average Bonchev–Trinajstić information content (AvgIpc) is 2.75. The second kappa shape index (κ2) is 5.66. The van der Waals surface area contributed by atoms with Gasteiger partial charge >= 0.3 is 5.69 Å². The Morgan fingerprint density at radius 2 is 2.42 bits per heavy atom. The summed E-state index contributed by atoms with van der Waals surface area (Å²) in [4.78, 5) is 15.7. The van der Waals surface area contributed by atoms with E-state index in [0.717, 1.165) is 0 Å². The largest absolute Gasteiger partial charge is 0.478 e. The minimum Gasteiger partial charge on any atom is -0.478 e. The lowest BCUT2D eigenvalue weighted by atomic mass is 10.2. The van der Waals surface area contributed by atoms with Crippen LogP contribution < -0.4 is 10.4 Å². The van der Waals surface area contributed by atoms with Gasteiger partial charge in [-0.15, -0.1) is 0 Å². The van der Waals surface area contributed by atoms with Gasteiger partial charge < -0.3 is 14.6 Å². The van der Waals surface area contributed by atoms with Gasteiger partial charge in [0.1, 0.15) is 18.5 Å². The Balaban J connectivity index is 2.27. The van der Waals surface area contributed by atoms with E-state index in [1.165, 1.54) is 10.8 Å².